The van der Waals surface area contributed by atoms with Crippen molar-refractivity contribution in [2.45, 2.75) is 81.1 Å². The molecule has 0 fully saturated rings. The third-order valence-electron chi connectivity index (χ3n) is 7.63. The van der Waals surface area contributed by atoms with Gasteiger partial charge in [-0.15, -0.1) is 0 Å². The molecule has 4 rings (SSSR count). The van der Waals surface area contributed by atoms with Crippen LogP contribution in [0.2, 0.25) is 0 Å². The first-order valence-electron chi connectivity index (χ1n) is 16.4. The monoisotopic (exact) mass is 675 g/mol. The Morgan fingerprint density at radius 3 is 1.85 bits per heavy atom. The summed E-state index contributed by atoms with van der Waals surface area (Å²) in [6, 6.07) is 28.3. The third kappa shape index (κ3) is 14.8. The van der Waals surface area contributed by atoms with Crippen LogP contribution in [0, 0.1) is 26.2 Å². The summed E-state index contributed by atoms with van der Waals surface area (Å²) in [5, 5.41) is 21.6. The Bertz CT molecular complexity index is 1590. The molecule has 0 saturated heterocycles. The number of aryl methyl sites for hydroxylation is 3. The molecule has 0 radical (unpaired) electrons. The van der Waals surface area contributed by atoms with Gasteiger partial charge in [0.1, 0.15) is 23.8 Å². The minimum absolute atomic E-state index is 0.219. The fourth-order valence-electron chi connectivity index (χ4n) is 4.33. The standard InChI is InChI=1S/C27H32NO6P.C7H8.C6H14/c1-18(2)24-14-21(10-11-26(24)29)15-25-19(3)12-23(13-20(25)4)33-17-35(32,28-16-27(30)31)34-22-8-6-5-7-9-22;1-7-5-3-2-4-6-7;1-5-6(2,3)4/h5-14,18,29H,15-17H2,1-4H3,(H,28,32)(H,30,31);2-6H,1H3;5H2,1-4H3. The number of carboxylic acid groups (broad SMARTS) is 1. The maximum atomic E-state index is 13.3. The lowest BCUT2D eigenvalue weighted by atomic mass is 9.93. The molecule has 48 heavy (non-hydrogen) atoms. The average molecular weight is 676 g/mol. The van der Waals surface area contributed by atoms with Crippen molar-refractivity contribution < 1.29 is 28.8 Å². The zero-order valence-corrected chi connectivity index (χ0v) is 30.9. The number of hydrogen-bond donors (Lipinski definition) is 3. The summed E-state index contributed by atoms with van der Waals surface area (Å²) in [4.78, 5) is 11.0. The van der Waals surface area contributed by atoms with Gasteiger partial charge < -0.3 is 19.5 Å². The number of phenols is 1. The second-order valence-electron chi connectivity index (χ2n) is 13.4. The molecule has 0 aromatic heterocycles. The number of ether oxygens (including phenoxy) is 1. The van der Waals surface area contributed by atoms with Gasteiger partial charge in [-0.25, -0.2) is 5.09 Å². The van der Waals surface area contributed by atoms with Crippen molar-refractivity contribution in [3.05, 3.63) is 124 Å². The summed E-state index contributed by atoms with van der Waals surface area (Å²) in [6.07, 6.45) is 1.64. The Hall–Kier alpha value is -4.06. The Labute approximate surface area is 287 Å². The van der Waals surface area contributed by atoms with Crippen molar-refractivity contribution >= 4 is 13.5 Å². The number of nitrogens with one attached hydrogen (secondary N) is 1. The molecule has 8 heteroatoms. The number of carboxylic acids is 1. The van der Waals surface area contributed by atoms with Gasteiger partial charge in [-0.3, -0.25) is 9.36 Å². The van der Waals surface area contributed by atoms with Gasteiger partial charge in [-0.1, -0.05) is 114 Å². The first-order valence-corrected chi connectivity index (χ1v) is 18.2. The normalized spacial score (nSPS) is 12.1. The molecule has 0 amide bonds. The largest absolute Gasteiger partial charge is 0.508 e. The summed E-state index contributed by atoms with van der Waals surface area (Å²) < 4.78 is 24.8. The van der Waals surface area contributed by atoms with E-state index in [0.717, 1.165) is 27.8 Å². The van der Waals surface area contributed by atoms with Crippen molar-refractivity contribution in [2.24, 2.45) is 5.41 Å². The zero-order valence-electron chi connectivity index (χ0n) is 30.0. The molecule has 0 aliphatic carbocycles. The van der Waals surface area contributed by atoms with E-state index in [1.165, 1.54) is 12.0 Å². The maximum Gasteiger partial charge on any atom is 0.354 e. The van der Waals surface area contributed by atoms with Gasteiger partial charge >= 0.3 is 13.5 Å². The summed E-state index contributed by atoms with van der Waals surface area (Å²) in [7, 11) is -3.65. The number of aromatic hydroxyl groups is 1. The topological polar surface area (TPSA) is 105 Å². The highest BCUT2D eigenvalue weighted by Crippen LogP contribution is 2.43. The number of phenolic OH excluding ortho intramolecular Hbond substituents is 1. The molecule has 1 unspecified atom stereocenters. The van der Waals surface area contributed by atoms with E-state index < -0.39 is 20.0 Å². The number of carbonyl (C=O) groups is 1. The second kappa shape index (κ2) is 19.1. The van der Waals surface area contributed by atoms with Gasteiger partial charge in [0.05, 0.1) is 0 Å². The highest BCUT2D eigenvalue weighted by Gasteiger charge is 2.27. The Balaban J connectivity index is 0.000000512. The van der Waals surface area contributed by atoms with E-state index in [-0.39, 0.29) is 12.3 Å². The molecule has 0 spiro atoms. The predicted molar refractivity (Wildman–Crippen MR) is 198 cm³/mol. The van der Waals surface area contributed by atoms with Crippen molar-refractivity contribution in [3.63, 3.8) is 0 Å². The Morgan fingerprint density at radius 2 is 1.40 bits per heavy atom. The van der Waals surface area contributed by atoms with Crippen molar-refractivity contribution in [1.29, 1.82) is 0 Å². The SMILES string of the molecule is CCC(C)(C)C.Cc1cc(OCP(=O)(NCC(=O)O)Oc2ccccc2)cc(C)c1Cc1ccc(O)c(C(C)C)c1.Cc1ccccc1. The molecule has 0 heterocycles. The number of aliphatic carboxylic acids is 1. The zero-order chi connectivity index (χ0) is 35.9. The lowest BCUT2D eigenvalue weighted by Crippen LogP contribution is -2.25. The van der Waals surface area contributed by atoms with E-state index in [2.05, 4.69) is 51.8 Å². The van der Waals surface area contributed by atoms with Gasteiger partial charge in [-0.05, 0) is 96.7 Å². The van der Waals surface area contributed by atoms with Gasteiger partial charge in [-0.2, -0.15) is 0 Å². The molecule has 4 aromatic rings. The minimum Gasteiger partial charge on any atom is -0.508 e. The maximum absolute atomic E-state index is 13.3. The molecular formula is C40H54NO6P. The van der Waals surface area contributed by atoms with Gasteiger partial charge in [0.2, 0.25) is 0 Å². The van der Waals surface area contributed by atoms with E-state index in [1.54, 1.807) is 36.4 Å². The number of benzene rings is 4. The van der Waals surface area contributed by atoms with E-state index in [0.29, 0.717) is 29.1 Å². The van der Waals surface area contributed by atoms with Crippen LogP contribution in [0.25, 0.3) is 0 Å². The molecule has 7 nitrogen and oxygen atoms in total. The van der Waals surface area contributed by atoms with E-state index in [4.69, 9.17) is 14.4 Å². The molecular weight excluding hydrogens is 621 g/mol. The molecule has 0 saturated carbocycles. The highest BCUT2D eigenvalue weighted by molar-refractivity contribution is 7.57. The molecule has 3 N–H and O–H groups in total. The van der Waals surface area contributed by atoms with Gasteiger partial charge in [0, 0.05) is 0 Å². The van der Waals surface area contributed by atoms with Crippen molar-refractivity contribution in [3.8, 4) is 17.2 Å². The first-order chi connectivity index (χ1) is 22.5. The van der Waals surface area contributed by atoms with Crippen molar-refractivity contribution in [1.82, 2.24) is 5.09 Å². The van der Waals surface area contributed by atoms with Crippen LogP contribution in [0.4, 0.5) is 0 Å². The fourth-order valence-corrected chi connectivity index (χ4v) is 5.70. The molecule has 0 aliphatic rings. The summed E-state index contributed by atoms with van der Waals surface area (Å²) >= 11 is 0. The predicted octanol–water partition coefficient (Wildman–Crippen LogP) is 10.4. The van der Waals surface area contributed by atoms with Crippen LogP contribution in [0.5, 0.6) is 17.2 Å². The molecule has 260 valence electrons. The third-order valence-corrected chi connectivity index (χ3v) is 9.25. The Kier molecular flexibility index (Phi) is 15.9. The smallest absolute Gasteiger partial charge is 0.354 e. The Morgan fingerprint density at radius 1 is 0.854 bits per heavy atom. The fraction of sp³-hybridized carbons (Fsp3) is 0.375. The van der Waals surface area contributed by atoms with Crippen LogP contribution in [0.1, 0.15) is 87.3 Å². The molecule has 4 aromatic carbocycles. The van der Waals surface area contributed by atoms with Gasteiger partial charge in [0.15, 0.2) is 6.35 Å². The highest BCUT2D eigenvalue weighted by atomic mass is 31.2. The first kappa shape index (κ1) is 40.1. The average Bonchev–Trinajstić information content (AvgIpc) is 3.03. The summed E-state index contributed by atoms with van der Waals surface area (Å²) in [6.45, 7) is 18.6. The number of rotatable bonds is 11. The van der Waals surface area contributed by atoms with Crippen molar-refractivity contribution in [2.75, 3.05) is 12.9 Å². The van der Waals surface area contributed by atoms with Crippen LogP contribution >= 0.6 is 7.52 Å². The van der Waals surface area contributed by atoms with Crippen LogP contribution in [0.15, 0.2) is 91.0 Å². The second-order valence-corrected chi connectivity index (χ2v) is 15.5. The summed E-state index contributed by atoms with van der Waals surface area (Å²) in [5.41, 5.74) is 7.05. The van der Waals surface area contributed by atoms with E-state index in [9.17, 15) is 14.5 Å². The lowest BCUT2D eigenvalue weighted by molar-refractivity contribution is -0.135. The van der Waals surface area contributed by atoms with Crippen LogP contribution < -0.4 is 14.3 Å². The van der Waals surface area contributed by atoms with Crippen LogP contribution in [-0.2, 0) is 15.8 Å². The minimum atomic E-state index is -3.65. The van der Waals surface area contributed by atoms with E-state index in [1.807, 2.05) is 70.2 Å². The van der Waals surface area contributed by atoms with Crippen LogP contribution in [0.3, 0.4) is 0 Å². The van der Waals surface area contributed by atoms with Crippen LogP contribution in [-0.4, -0.2) is 29.1 Å². The molecule has 1 atom stereocenters. The quantitative estimate of drug-likeness (QED) is 0.136. The molecule has 0 aliphatic heterocycles. The number of hydrogen-bond acceptors (Lipinski definition) is 5. The van der Waals surface area contributed by atoms with E-state index >= 15 is 0 Å². The number of para-hydroxylation sites is 1. The summed E-state index contributed by atoms with van der Waals surface area (Å²) in [5.74, 6) is 0.255. The molecule has 0 bridgehead atoms. The van der Waals surface area contributed by atoms with Gasteiger partial charge in [0.25, 0.3) is 0 Å². The lowest BCUT2D eigenvalue weighted by Gasteiger charge is -2.21.